The lowest BCUT2D eigenvalue weighted by Crippen LogP contribution is -2.17. The van der Waals surface area contributed by atoms with Crippen molar-refractivity contribution < 1.29 is 0 Å². The summed E-state index contributed by atoms with van der Waals surface area (Å²) in [6, 6.07) is 56.6. The van der Waals surface area contributed by atoms with Gasteiger partial charge >= 0.3 is 0 Å². The van der Waals surface area contributed by atoms with Crippen LogP contribution < -0.4 is 4.90 Å². The largest absolute Gasteiger partial charge is 0.310 e. The van der Waals surface area contributed by atoms with E-state index in [0.29, 0.717) is 0 Å². The molecule has 0 unspecified atom stereocenters. The molecule has 1 nitrogen and oxygen atoms in total. The van der Waals surface area contributed by atoms with Gasteiger partial charge in [0.2, 0.25) is 0 Å². The van der Waals surface area contributed by atoms with Crippen molar-refractivity contribution in [2.75, 3.05) is 4.90 Å². The second-order valence-electron chi connectivity index (χ2n) is 15.0. The number of benzene rings is 8. The second kappa shape index (κ2) is 9.94. The lowest BCUT2D eigenvalue weighted by molar-refractivity contribution is 0.652. The van der Waals surface area contributed by atoms with Gasteiger partial charge in [0.05, 0.1) is 5.69 Å². The van der Waals surface area contributed by atoms with Gasteiger partial charge in [-0.2, -0.15) is 0 Å². The smallest absolute Gasteiger partial charge is 0.0543 e. The van der Waals surface area contributed by atoms with E-state index in [1.165, 1.54) is 82.5 Å². The molecule has 8 aromatic carbocycles. The molecule has 2 aliphatic rings. The van der Waals surface area contributed by atoms with Gasteiger partial charge in [-0.3, -0.25) is 0 Å². The summed E-state index contributed by atoms with van der Waals surface area (Å²) in [6.07, 6.45) is 0. The first-order valence-corrected chi connectivity index (χ1v) is 17.4. The van der Waals surface area contributed by atoms with E-state index in [1.807, 2.05) is 0 Å². The molecule has 2 aliphatic carbocycles. The van der Waals surface area contributed by atoms with Crippen molar-refractivity contribution >= 4 is 49.4 Å². The third-order valence-electron chi connectivity index (χ3n) is 11.6. The minimum absolute atomic E-state index is 0.0477. The van der Waals surface area contributed by atoms with Gasteiger partial charge in [-0.1, -0.05) is 137 Å². The van der Waals surface area contributed by atoms with Crippen LogP contribution in [-0.2, 0) is 10.8 Å². The third-order valence-corrected chi connectivity index (χ3v) is 11.6. The Bertz CT molecular complexity index is 2660. The van der Waals surface area contributed by atoms with E-state index in [-0.39, 0.29) is 10.8 Å². The van der Waals surface area contributed by atoms with Crippen LogP contribution in [0.1, 0.15) is 49.9 Å². The van der Waals surface area contributed by atoms with Crippen LogP contribution >= 0.6 is 0 Å². The fraction of sp³-hybridized carbons (Fsp3) is 0.125. The number of rotatable bonds is 3. The minimum Gasteiger partial charge on any atom is -0.310 e. The van der Waals surface area contributed by atoms with E-state index >= 15 is 0 Å². The summed E-state index contributed by atoms with van der Waals surface area (Å²) in [5.74, 6) is 0. The quantitative estimate of drug-likeness (QED) is 0.176. The van der Waals surface area contributed by atoms with Crippen molar-refractivity contribution in [3.05, 3.63) is 174 Å². The highest BCUT2D eigenvalue weighted by Crippen LogP contribution is 2.58. The summed E-state index contributed by atoms with van der Waals surface area (Å²) < 4.78 is 0. The van der Waals surface area contributed by atoms with E-state index in [2.05, 4.69) is 184 Å². The molecule has 0 amide bonds. The topological polar surface area (TPSA) is 3.24 Å². The number of nitrogens with zero attached hydrogens (tertiary/aromatic N) is 1. The molecular formula is C48H37N. The Morgan fingerprint density at radius 1 is 0.367 bits per heavy atom. The summed E-state index contributed by atoms with van der Waals surface area (Å²) in [7, 11) is 0. The van der Waals surface area contributed by atoms with Gasteiger partial charge in [0.1, 0.15) is 0 Å². The Balaban J connectivity index is 1.25. The van der Waals surface area contributed by atoms with Crippen LogP contribution in [0.25, 0.3) is 54.6 Å². The van der Waals surface area contributed by atoms with Gasteiger partial charge in [-0.15, -0.1) is 0 Å². The molecule has 0 saturated heterocycles. The second-order valence-corrected chi connectivity index (χ2v) is 15.0. The molecule has 0 aromatic heterocycles. The molecule has 234 valence electrons. The number of hydrogen-bond donors (Lipinski definition) is 0. The Labute approximate surface area is 288 Å². The summed E-state index contributed by atoms with van der Waals surface area (Å²) in [5, 5.41) is 7.63. The highest BCUT2D eigenvalue weighted by atomic mass is 15.1. The number of fused-ring (bicyclic) bond motifs is 11. The zero-order valence-corrected chi connectivity index (χ0v) is 28.4. The normalized spacial score (nSPS) is 14.9. The van der Waals surface area contributed by atoms with Crippen molar-refractivity contribution in [1.29, 1.82) is 0 Å². The Morgan fingerprint density at radius 3 is 1.78 bits per heavy atom. The molecule has 0 saturated carbocycles. The summed E-state index contributed by atoms with van der Waals surface area (Å²) in [4.78, 5) is 2.47. The molecular weight excluding hydrogens is 591 g/mol. The lowest BCUT2D eigenvalue weighted by Gasteiger charge is -2.30. The van der Waals surface area contributed by atoms with Gasteiger partial charge in [0.15, 0.2) is 0 Å². The molecule has 8 aromatic rings. The number of para-hydroxylation sites is 1. The molecule has 0 fully saturated rings. The van der Waals surface area contributed by atoms with Gasteiger partial charge in [0, 0.05) is 27.6 Å². The Hall–Kier alpha value is -5.66. The summed E-state index contributed by atoms with van der Waals surface area (Å²) >= 11 is 0. The maximum Gasteiger partial charge on any atom is 0.0543 e. The minimum atomic E-state index is -0.178. The summed E-state index contributed by atoms with van der Waals surface area (Å²) in [5.41, 5.74) is 14.5. The SMILES string of the molecule is CC1(C)c2ccccc2-c2cc3c(cc21)-c1c(cc(N(c2ccccc2)c2ccc4ccc5ccccc5c4c2)c2ccccc12)C3(C)C. The molecule has 0 aliphatic heterocycles. The van der Waals surface area contributed by atoms with E-state index in [1.54, 1.807) is 0 Å². The fourth-order valence-corrected chi connectivity index (χ4v) is 9.07. The van der Waals surface area contributed by atoms with Crippen LogP contribution in [0, 0.1) is 0 Å². The molecule has 0 spiro atoms. The highest BCUT2D eigenvalue weighted by molar-refractivity contribution is 6.12. The number of hydrogen-bond acceptors (Lipinski definition) is 1. The Morgan fingerprint density at radius 2 is 0.959 bits per heavy atom. The van der Waals surface area contributed by atoms with Crippen LogP contribution in [0.15, 0.2) is 152 Å². The first-order chi connectivity index (χ1) is 23.8. The standard InChI is InChI=1S/C48H37N/c1-47(2)41-21-13-12-18-35(41)39-27-43-40(28-42(39)47)46-37-20-11-10-19-36(37)45(29-44(46)48(43,3)4)49(32-15-6-5-7-16-32)33-25-24-31-23-22-30-14-8-9-17-34(30)38(31)26-33/h5-29H,1-4H3. The molecule has 49 heavy (non-hydrogen) atoms. The molecule has 0 radical (unpaired) electrons. The molecule has 0 heterocycles. The van der Waals surface area contributed by atoms with Gasteiger partial charge in [-0.05, 0) is 114 Å². The van der Waals surface area contributed by atoms with E-state index in [9.17, 15) is 0 Å². The first-order valence-electron chi connectivity index (χ1n) is 17.4. The van der Waals surface area contributed by atoms with Crippen molar-refractivity contribution in [3.63, 3.8) is 0 Å². The van der Waals surface area contributed by atoms with Crippen LogP contribution in [0.2, 0.25) is 0 Å². The van der Waals surface area contributed by atoms with E-state index in [0.717, 1.165) is 11.4 Å². The monoisotopic (exact) mass is 627 g/mol. The highest BCUT2D eigenvalue weighted by Gasteiger charge is 2.42. The molecule has 1 heteroatoms. The summed E-state index contributed by atoms with van der Waals surface area (Å²) in [6.45, 7) is 9.61. The average Bonchev–Trinajstić information content (AvgIpc) is 3.50. The predicted molar refractivity (Wildman–Crippen MR) is 209 cm³/mol. The molecule has 0 N–H and O–H groups in total. The molecule has 0 atom stereocenters. The van der Waals surface area contributed by atoms with Crippen molar-refractivity contribution in [2.45, 2.75) is 38.5 Å². The predicted octanol–water partition coefficient (Wildman–Crippen LogP) is 13.2. The number of anilines is 3. The van der Waals surface area contributed by atoms with Gasteiger partial charge in [0.25, 0.3) is 0 Å². The lowest BCUT2D eigenvalue weighted by atomic mass is 9.79. The van der Waals surface area contributed by atoms with Crippen LogP contribution in [0.5, 0.6) is 0 Å². The van der Waals surface area contributed by atoms with Gasteiger partial charge in [-0.25, -0.2) is 0 Å². The molecule has 0 bridgehead atoms. The fourth-order valence-electron chi connectivity index (χ4n) is 9.07. The maximum absolute atomic E-state index is 2.54. The zero-order chi connectivity index (χ0) is 33.1. The third kappa shape index (κ3) is 3.88. The molecule has 10 rings (SSSR count). The first kappa shape index (κ1) is 28.4. The van der Waals surface area contributed by atoms with Crippen molar-refractivity contribution in [2.24, 2.45) is 0 Å². The van der Waals surface area contributed by atoms with Crippen molar-refractivity contribution in [3.8, 4) is 22.3 Å². The Kier molecular flexibility index (Phi) is 5.75. The van der Waals surface area contributed by atoms with Crippen LogP contribution in [0.3, 0.4) is 0 Å². The van der Waals surface area contributed by atoms with Crippen LogP contribution in [-0.4, -0.2) is 0 Å². The van der Waals surface area contributed by atoms with E-state index in [4.69, 9.17) is 0 Å². The zero-order valence-electron chi connectivity index (χ0n) is 28.4. The average molecular weight is 628 g/mol. The van der Waals surface area contributed by atoms with Crippen LogP contribution in [0.4, 0.5) is 17.1 Å². The van der Waals surface area contributed by atoms with Crippen molar-refractivity contribution in [1.82, 2.24) is 0 Å². The van der Waals surface area contributed by atoms with Gasteiger partial charge < -0.3 is 4.90 Å². The maximum atomic E-state index is 2.54. The van der Waals surface area contributed by atoms with E-state index < -0.39 is 0 Å².